The van der Waals surface area contributed by atoms with E-state index < -0.39 is 16.2 Å². The summed E-state index contributed by atoms with van der Waals surface area (Å²) in [5.74, 6) is 0. The van der Waals surface area contributed by atoms with Gasteiger partial charge in [0.1, 0.15) is 12.8 Å². The maximum atomic E-state index is 13.5. The fourth-order valence-corrected chi connectivity index (χ4v) is 9.18. The van der Waals surface area contributed by atoms with Crippen molar-refractivity contribution in [3.8, 4) is 0 Å². The summed E-state index contributed by atoms with van der Waals surface area (Å²) in [6.45, 7) is 5.73. The number of hydrogen-bond donors (Lipinski definition) is 1. The lowest BCUT2D eigenvalue weighted by atomic mass is 9.82. The van der Waals surface area contributed by atoms with E-state index in [1.54, 1.807) is 29.5 Å². The Morgan fingerprint density at radius 2 is 1.84 bits per heavy atom. The maximum Gasteiger partial charge on any atom is 0.322 e. The largest absolute Gasteiger partial charge is 0.498 e. The number of carbonyl (C=O) groups is 3. The zero-order valence-electron chi connectivity index (χ0n) is 25.1. The lowest BCUT2D eigenvalue weighted by molar-refractivity contribution is -0.956. The third-order valence-corrected chi connectivity index (χ3v) is 12.1. The highest BCUT2D eigenvalue weighted by molar-refractivity contribution is 7.08. The van der Waals surface area contributed by atoms with Gasteiger partial charge in [-0.05, 0) is 50.5 Å². The summed E-state index contributed by atoms with van der Waals surface area (Å²) in [6.07, 6.45) is 2.65. The van der Waals surface area contributed by atoms with Crippen molar-refractivity contribution in [1.82, 2.24) is 19.6 Å². The molecule has 0 spiro atoms. The Hall–Kier alpha value is -2.25. The van der Waals surface area contributed by atoms with Crippen molar-refractivity contribution >= 4 is 58.6 Å². The average molecular weight is 664 g/mol. The molecule has 0 aliphatic carbocycles. The second kappa shape index (κ2) is 12.9. The van der Waals surface area contributed by atoms with Crippen molar-refractivity contribution in [2.24, 2.45) is 0 Å². The number of fused-ring (bicyclic) bond motifs is 1. The highest BCUT2D eigenvalue weighted by Gasteiger charge is 2.61. The van der Waals surface area contributed by atoms with Crippen LogP contribution in [0.15, 0.2) is 29.0 Å². The van der Waals surface area contributed by atoms with Crippen LogP contribution in [0, 0.1) is 0 Å². The second-order valence-corrected chi connectivity index (χ2v) is 14.3. The van der Waals surface area contributed by atoms with E-state index in [0.717, 1.165) is 56.6 Å². The van der Waals surface area contributed by atoms with Crippen LogP contribution in [0.25, 0.3) is 0 Å². The summed E-state index contributed by atoms with van der Waals surface area (Å²) in [6, 6.07) is 5.24. The quantitative estimate of drug-likeness (QED) is 0.354. The molecule has 0 radical (unpaired) electrons. The number of aldehydes is 1. The first-order valence-electron chi connectivity index (χ1n) is 15.4. The molecule has 1 aromatic carbocycles. The molecule has 10 nitrogen and oxygen atoms in total. The SMILES string of the molecule is CN1CCC(N2CCN(C3(CC=O)CC(N4Cc5cscc5NC4=O)CC[N@+]3(Cc3ccc(Cl)c(Cl)c3)C(=O)[O-])CC2)CC1. The number of anilines is 1. The minimum Gasteiger partial charge on any atom is -0.498 e. The van der Waals surface area contributed by atoms with Crippen LogP contribution < -0.4 is 10.4 Å². The number of halogens is 2. The number of carboxylic acid groups (broad SMARTS) is 1. The Morgan fingerprint density at radius 3 is 2.52 bits per heavy atom. The number of nitrogens with zero attached hydrogens (tertiary/aromatic N) is 5. The van der Waals surface area contributed by atoms with Gasteiger partial charge in [-0.15, -0.1) is 11.3 Å². The van der Waals surface area contributed by atoms with Crippen molar-refractivity contribution in [2.75, 3.05) is 58.2 Å². The highest BCUT2D eigenvalue weighted by atomic mass is 35.5. The Labute approximate surface area is 272 Å². The third-order valence-electron chi connectivity index (χ3n) is 10.5. The van der Waals surface area contributed by atoms with Crippen molar-refractivity contribution in [1.29, 1.82) is 0 Å². The molecule has 3 saturated heterocycles. The Bertz CT molecular complexity index is 1390. The van der Waals surface area contributed by atoms with Crippen LogP contribution in [0.5, 0.6) is 0 Å². The fourth-order valence-electron chi connectivity index (χ4n) is 8.08. The topological polar surface area (TPSA) is 99.3 Å². The van der Waals surface area contributed by atoms with Gasteiger partial charge in [-0.2, -0.15) is 0 Å². The van der Waals surface area contributed by atoms with E-state index in [1.807, 2.05) is 15.7 Å². The second-order valence-electron chi connectivity index (χ2n) is 12.8. The van der Waals surface area contributed by atoms with E-state index in [9.17, 15) is 19.5 Å². The van der Waals surface area contributed by atoms with Crippen LogP contribution in [0.3, 0.4) is 0 Å². The number of hydrogen-bond acceptors (Lipinski definition) is 8. The van der Waals surface area contributed by atoms with Gasteiger partial charge < -0.3 is 29.8 Å². The van der Waals surface area contributed by atoms with E-state index in [0.29, 0.717) is 54.1 Å². The minimum absolute atomic E-state index is 0.00614. The molecule has 44 heavy (non-hydrogen) atoms. The van der Waals surface area contributed by atoms with E-state index >= 15 is 0 Å². The molecule has 238 valence electrons. The van der Waals surface area contributed by atoms with Crippen molar-refractivity contribution < 1.29 is 24.0 Å². The summed E-state index contributed by atoms with van der Waals surface area (Å²) in [4.78, 5) is 48.4. The Balaban J connectivity index is 1.35. The third kappa shape index (κ3) is 5.77. The molecule has 3 amide bonds. The van der Waals surface area contributed by atoms with Gasteiger partial charge in [0.05, 0.1) is 35.2 Å². The Kier molecular flexibility index (Phi) is 9.27. The van der Waals surface area contributed by atoms with Crippen LogP contribution in [0.4, 0.5) is 15.3 Å². The summed E-state index contributed by atoms with van der Waals surface area (Å²) in [7, 11) is 2.16. The number of amides is 3. The number of benzene rings is 1. The number of piperazine rings is 1. The molecule has 1 aromatic heterocycles. The van der Waals surface area contributed by atoms with Gasteiger partial charge in [-0.1, -0.05) is 29.3 Å². The number of carbonyl (C=O) groups excluding carboxylic acids is 3. The van der Waals surface area contributed by atoms with E-state index in [-0.39, 0.29) is 31.6 Å². The molecule has 5 heterocycles. The summed E-state index contributed by atoms with van der Waals surface area (Å²) < 4.78 is -0.437. The lowest BCUT2D eigenvalue weighted by Gasteiger charge is -2.62. The van der Waals surface area contributed by atoms with Gasteiger partial charge in [0.15, 0.2) is 5.66 Å². The summed E-state index contributed by atoms with van der Waals surface area (Å²) in [5, 5.41) is 21.3. The smallest absolute Gasteiger partial charge is 0.322 e. The first-order valence-corrected chi connectivity index (χ1v) is 17.1. The molecule has 6 rings (SSSR count). The van der Waals surface area contributed by atoms with Crippen molar-refractivity contribution in [2.45, 2.75) is 62.9 Å². The lowest BCUT2D eigenvalue weighted by Crippen LogP contribution is -2.81. The molecular formula is C31H40Cl2N6O4S. The standard InChI is InChI=1S/C31H40Cl2N6O4S/c1-35-8-4-24(5-9-35)36-10-12-37(13-11-36)31(7-15-40)17-25(38-18-23-20-44-21-28(23)34-29(38)41)6-14-39(31,30(42)43)19-22-2-3-26(32)27(33)16-22/h2-3,15-16,20-21,24-25H,4-14,17-19H2,1H3,(H-,34,41,42,43)/t25?,31?,39-/m0/s1. The van der Waals surface area contributed by atoms with Crippen molar-refractivity contribution in [3.05, 3.63) is 50.1 Å². The van der Waals surface area contributed by atoms with Crippen molar-refractivity contribution in [3.63, 3.8) is 0 Å². The van der Waals surface area contributed by atoms with Gasteiger partial charge in [-0.25, -0.2) is 9.69 Å². The van der Waals surface area contributed by atoms with Gasteiger partial charge in [0.2, 0.25) is 0 Å². The molecule has 0 bridgehead atoms. The molecule has 4 aliphatic rings. The van der Waals surface area contributed by atoms with Gasteiger partial charge in [0, 0.05) is 67.6 Å². The number of rotatable bonds is 7. The fraction of sp³-hybridized carbons (Fsp3) is 0.581. The van der Waals surface area contributed by atoms with E-state index in [4.69, 9.17) is 23.2 Å². The van der Waals surface area contributed by atoms with E-state index in [2.05, 4.69) is 27.1 Å². The monoisotopic (exact) mass is 662 g/mol. The average Bonchev–Trinajstić information content (AvgIpc) is 3.47. The summed E-state index contributed by atoms with van der Waals surface area (Å²) in [5.41, 5.74) is 1.46. The summed E-state index contributed by atoms with van der Waals surface area (Å²) >= 11 is 14.1. The number of quaternary nitrogens is 1. The molecule has 1 N–H and O–H groups in total. The van der Waals surface area contributed by atoms with Gasteiger partial charge in [0.25, 0.3) is 6.09 Å². The number of nitrogens with one attached hydrogen (secondary N) is 1. The first-order chi connectivity index (χ1) is 21.2. The normalized spacial score (nSPS) is 29.3. The van der Waals surface area contributed by atoms with Gasteiger partial charge in [-0.3, -0.25) is 9.38 Å². The van der Waals surface area contributed by atoms with E-state index in [1.165, 1.54) is 0 Å². The molecule has 4 aliphatic heterocycles. The highest BCUT2D eigenvalue weighted by Crippen LogP contribution is 2.46. The number of thiophene rings is 1. The number of urea groups is 1. The Morgan fingerprint density at radius 1 is 1.09 bits per heavy atom. The molecule has 3 atom stereocenters. The van der Waals surface area contributed by atoms with Gasteiger partial charge >= 0.3 is 6.03 Å². The van der Waals surface area contributed by atoms with Crippen LogP contribution in [0.2, 0.25) is 10.0 Å². The number of piperidine rings is 2. The molecule has 2 unspecified atom stereocenters. The molecule has 3 fully saturated rings. The van der Waals surface area contributed by atoms with Crippen LogP contribution in [0.1, 0.15) is 43.2 Å². The van der Waals surface area contributed by atoms with Crippen LogP contribution in [-0.4, -0.2) is 113 Å². The number of likely N-dealkylation sites (tertiary alicyclic amines) is 2. The zero-order valence-corrected chi connectivity index (χ0v) is 27.4. The molecule has 0 saturated carbocycles. The molecular weight excluding hydrogens is 623 g/mol. The molecule has 13 heteroatoms. The maximum absolute atomic E-state index is 13.5. The zero-order chi connectivity index (χ0) is 31.1. The minimum atomic E-state index is -1.22. The first kappa shape index (κ1) is 31.7. The predicted molar refractivity (Wildman–Crippen MR) is 170 cm³/mol. The van der Waals surface area contributed by atoms with Crippen LogP contribution >= 0.6 is 34.5 Å². The predicted octanol–water partition coefficient (Wildman–Crippen LogP) is 3.92. The van der Waals surface area contributed by atoms with Crippen LogP contribution in [-0.2, 0) is 17.9 Å². The molecule has 2 aromatic rings.